The normalized spacial score (nSPS) is 24.2. The average molecular weight is 560 g/mol. The fourth-order valence-corrected chi connectivity index (χ4v) is 8.21. The van der Waals surface area contributed by atoms with Crippen molar-refractivity contribution in [3.63, 3.8) is 0 Å². The highest BCUT2D eigenvalue weighted by Crippen LogP contribution is 2.41. The van der Waals surface area contributed by atoms with E-state index in [1.807, 2.05) is 38.7 Å². The van der Waals surface area contributed by atoms with E-state index in [-0.39, 0.29) is 28.2 Å². The molecule has 0 saturated heterocycles. The highest BCUT2D eigenvalue weighted by Gasteiger charge is 2.37. The third-order valence-electron chi connectivity index (χ3n) is 7.11. The van der Waals surface area contributed by atoms with Gasteiger partial charge in [0, 0.05) is 22.6 Å². The van der Waals surface area contributed by atoms with Crippen LogP contribution in [0.25, 0.3) is 0 Å². The Morgan fingerprint density at radius 3 is 2.30 bits per heavy atom. The molecule has 2 aromatic rings. The Balaban J connectivity index is 1.61. The van der Waals surface area contributed by atoms with Gasteiger partial charge in [-0.1, -0.05) is 41.9 Å². The number of rotatable bonds is 6. The van der Waals surface area contributed by atoms with E-state index in [1.54, 1.807) is 23.1 Å². The first kappa shape index (κ1) is 28.1. The zero-order chi connectivity index (χ0) is 26.7. The van der Waals surface area contributed by atoms with E-state index in [4.69, 9.17) is 0 Å². The first-order chi connectivity index (χ1) is 17.5. The van der Waals surface area contributed by atoms with Crippen molar-refractivity contribution in [3.8, 4) is 11.8 Å². The van der Waals surface area contributed by atoms with Crippen LogP contribution >= 0.6 is 34.4 Å². The summed E-state index contributed by atoms with van der Waals surface area (Å²) < 4.78 is 0.998. The molecule has 4 rings (SSSR count). The molecule has 200 valence electrons. The lowest BCUT2D eigenvalue weighted by Gasteiger charge is -2.39. The second-order valence-electron chi connectivity index (χ2n) is 11.4. The zero-order valence-corrected chi connectivity index (χ0v) is 24.8. The fraction of sp³-hybridized carbons (Fsp3) is 0.643. The summed E-state index contributed by atoms with van der Waals surface area (Å²) in [6, 6.07) is 1.84. The van der Waals surface area contributed by atoms with Crippen molar-refractivity contribution in [1.29, 1.82) is 0 Å². The van der Waals surface area contributed by atoms with Gasteiger partial charge in [0.1, 0.15) is 9.88 Å². The predicted octanol–water partition coefficient (Wildman–Crippen LogP) is 7.27. The van der Waals surface area contributed by atoms with Crippen molar-refractivity contribution in [2.45, 2.75) is 102 Å². The number of aromatic carboxylic acids is 1. The SMILES string of the molecule is Cc1nnc(S[C@H]2CC[C@H](N(c3cc(C#CC(C)(C)C)sc3C(=O)O)C(=O)[C@H]3CC[C@H](C)CC3)CC2)s1. The maximum atomic E-state index is 14.1. The molecule has 6 nitrogen and oxygen atoms in total. The number of aryl methyl sites for hydroxylation is 1. The van der Waals surface area contributed by atoms with Gasteiger partial charge >= 0.3 is 5.97 Å². The molecule has 0 aromatic carbocycles. The summed E-state index contributed by atoms with van der Waals surface area (Å²) in [7, 11) is 0. The molecule has 0 atom stereocenters. The molecule has 2 aromatic heterocycles. The molecule has 2 saturated carbocycles. The molecule has 0 aliphatic heterocycles. The van der Waals surface area contributed by atoms with E-state index < -0.39 is 5.97 Å². The van der Waals surface area contributed by atoms with Crippen LogP contribution in [0.15, 0.2) is 10.4 Å². The third-order valence-corrected chi connectivity index (χ3v) is 10.4. The number of anilines is 1. The molecular weight excluding hydrogens is 523 g/mol. The number of carboxylic acid groups (broad SMARTS) is 1. The van der Waals surface area contributed by atoms with Crippen molar-refractivity contribution in [3.05, 3.63) is 20.8 Å². The average Bonchev–Trinajstić information content (AvgIpc) is 3.45. The summed E-state index contributed by atoms with van der Waals surface area (Å²) in [4.78, 5) is 29.2. The van der Waals surface area contributed by atoms with Gasteiger partial charge in [-0.05, 0) is 91.0 Å². The smallest absolute Gasteiger partial charge is 0.348 e. The van der Waals surface area contributed by atoms with Gasteiger partial charge in [0.05, 0.1) is 10.6 Å². The van der Waals surface area contributed by atoms with Gasteiger partial charge in [-0.2, -0.15) is 0 Å². The molecule has 2 fully saturated rings. The Labute approximate surface area is 232 Å². The minimum Gasteiger partial charge on any atom is -0.477 e. The van der Waals surface area contributed by atoms with Gasteiger partial charge in [-0.25, -0.2) is 4.79 Å². The molecule has 9 heteroatoms. The summed E-state index contributed by atoms with van der Waals surface area (Å²) in [6.07, 6.45) is 7.47. The number of thioether (sulfide) groups is 1. The van der Waals surface area contributed by atoms with Gasteiger partial charge in [-0.3, -0.25) is 4.79 Å². The first-order valence-electron chi connectivity index (χ1n) is 13.2. The number of hydrogen-bond acceptors (Lipinski definition) is 7. The van der Waals surface area contributed by atoms with Crippen LogP contribution in [-0.4, -0.2) is 38.5 Å². The molecule has 0 unspecified atom stereocenters. The van der Waals surface area contributed by atoms with Gasteiger partial charge in [0.2, 0.25) is 5.91 Å². The first-order valence-corrected chi connectivity index (χ1v) is 15.7. The molecule has 0 spiro atoms. The van der Waals surface area contributed by atoms with E-state index in [2.05, 4.69) is 29.0 Å². The minimum absolute atomic E-state index is 0.00372. The van der Waals surface area contributed by atoms with E-state index in [0.717, 1.165) is 60.7 Å². The van der Waals surface area contributed by atoms with Gasteiger partial charge in [0.25, 0.3) is 0 Å². The van der Waals surface area contributed by atoms with Crippen LogP contribution in [-0.2, 0) is 4.79 Å². The molecule has 2 aliphatic rings. The molecule has 1 N–H and O–H groups in total. The second kappa shape index (κ2) is 11.9. The Hall–Kier alpha value is -1.89. The van der Waals surface area contributed by atoms with Crippen LogP contribution in [0.2, 0.25) is 0 Å². The molecule has 0 bridgehead atoms. The lowest BCUT2D eigenvalue weighted by atomic mass is 9.81. The third kappa shape index (κ3) is 7.36. The zero-order valence-electron chi connectivity index (χ0n) is 22.4. The standard InChI is InChI=1S/C28H37N3O3S3/c1-17-6-8-19(9-7-17)25(32)31(20-10-12-21(13-11-20)37-27-30-29-18(2)35-27)23-16-22(14-15-28(3,4)5)36-24(23)26(33)34/h16-17,19-21H,6-13H2,1-5H3,(H,33,34)/t17-,19-,20-,21-. The number of hydrogen-bond donors (Lipinski definition) is 1. The number of carbonyl (C=O) groups excluding carboxylic acids is 1. The Kier molecular flexibility index (Phi) is 9.03. The maximum absolute atomic E-state index is 14.1. The Morgan fingerprint density at radius 1 is 1.05 bits per heavy atom. The molecule has 2 heterocycles. The van der Waals surface area contributed by atoms with Crippen molar-refractivity contribution in [2.75, 3.05) is 4.90 Å². The van der Waals surface area contributed by atoms with E-state index in [1.165, 1.54) is 11.3 Å². The van der Waals surface area contributed by atoms with Gasteiger partial charge in [-0.15, -0.1) is 21.5 Å². The van der Waals surface area contributed by atoms with Gasteiger partial charge in [0.15, 0.2) is 4.34 Å². The highest BCUT2D eigenvalue weighted by molar-refractivity contribution is 8.01. The van der Waals surface area contributed by atoms with Crippen LogP contribution in [0.4, 0.5) is 5.69 Å². The van der Waals surface area contributed by atoms with E-state index in [9.17, 15) is 14.7 Å². The molecule has 1 amide bonds. The lowest BCUT2D eigenvalue weighted by Crippen LogP contribution is -2.46. The van der Waals surface area contributed by atoms with Crippen molar-refractivity contribution in [2.24, 2.45) is 17.3 Å². The molecule has 2 aliphatic carbocycles. The maximum Gasteiger partial charge on any atom is 0.348 e. The summed E-state index contributed by atoms with van der Waals surface area (Å²) in [5, 5.41) is 19.9. The molecule has 0 radical (unpaired) electrons. The largest absolute Gasteiger partial charge is 0.477 e. The minimum atomic E-state index is -0.991. The van der Waals surface area contributed by atoms with Crippen molar-refractivity contribution < 1.29 is 14.7 Å². The van der Waals surface area contributed by atoms with E-state index in [0.29, 0.717) is 21.7 Å². The quantitative estimate of drug-likeness (QED) is 0.375. The van der Waals surface area contributed by atoms with Crippen LogP contribution in [0.1, 0.15) is 98.6 Å². The van der Waals surface area contributed by atoms with Crippen LogP contribution in [0.3, 0.4) is 0 Å². The van der Waals surface area contributed by atoms with Crippen LogP contribution < -0.4 is 4.90 Å². The predicted molar refractivity (Wildman–Crippen MR) is 153 cm³/mol. The molecule has 37 heavy (non-hydrogen) atoms. The lowest BCUT2D eigenvalue weighted by molar-refractivity contribution is -0.124. The fourth-order valence-electron chi connectivity index (χ4n) is 5.11. The highest BCUT2D eigenvalue weighted by atomic mass is 32.2. The summed E-state index contributed by atoms with van der Waals surface area (Å²) >= 11 is 4.59. The number of amides is 1. The number of thiophene rings is 1. The van der Waals surface area contributed by atoms with E-state index >= 15 is 0 Å². The number of carbonyl (C=O) groups is 2. The number of aromatic nitrogens is 2. The second-order valence-corrected chi connectivity index (χ2v) is 15.2. The molecular formula is C28H37N3O3S3. The Morgan fingerprint density at radius 2 is 1.73 bits per heavy atom. The Bertz CT molecular complexity index is 1170. The van der Waals surface area contributed by atoms with Crippen molar-refractivity contribution in [1.82, 2.24) is 10.2 Å². The summed E-state index contributed by atoms with van der Waals surface area (Å²) in [5.41, 5.74) is 0.346. The summed E-state index contributed by atoms with van der Waals surface area (Å²) in [5.74, 6) is 6.09. The van der Waals surface area contributed by atoms with Crippen LogP contribution in [0.5, 0.6) is 0 Å². The van der Waals surface area contributed by atoms with Crippen LogP contribution in [0, 0.1) is 36.0 Å². The van der Waals surface area contributed by atoms with Crippen molar-refractivity contribution >= 4 is 52.0 Å². The topological polar surface area (TPSA) is 83.4 Å². The van der Waals surface area contributed by atoms with Gasteiger partial charge < -0.3 is 10.0 Å². The number of nitrogens with zero attached hydrogens (tertiary/aromatic N) is 3. The number of carboxylic acids is 1. The monoisotopic (exact) mass is 559 g/mol. The summed E-state index contributed by atoms with van der Waals surface area (Å²) in [6.45, 7) is 10.3.